The zero-order valence-corrected chi connectivity index (χ0v) is 28.5. The van der Waals surface area contributed by atoms with Crippen LogP contribution in [0.15, 0.2) is 0 Å². The molecule has 7 rings (SSSR count). The molecule has 12 nitrogen and oxygen atoms in total. The molecule has 5 saturated carbocycles. The van der Waals surface area contributed by atoms with Gasteiger partial charge in [0.15, 0.2) is 12.6 Å². The number of carbonyl (C=O) groups excluding carboxylic acids is 1. The van der Waals surface area contributed by atoms with Crippen molar-refractivity contribution in [1.82, 2.24) is 0 Å². The fourth-order valence-corrected chi connectivity index (χ4v) is 12.4. The van der Waals surface area contributed by atoms with E-state index in [1.807, 2.05) is 6.92 Å². The SMILES string of the molecule is CO[C@@]1(C)C[C@H]([C@@H](C)[C@@]2(O)CC[C@H]3[C@@H]4C[C@H](O)[C@]56C[C@H]5CC(=O)[C@@]6(C)[C@H]4CC[C@@]32C)O[C@H](O[C@H]2O[C@@H](CO)[C@H](O)[C@H](O)[C@@H]2O)[C@]1(C)O. The number of ether oxygens (including phenoxy) is 4. The highest BCUT2D eigenvalue weighted by molar-refractivity contribution is 5.91. The van der Waals surface area contributed by atoms with Crippen molar-refractivity contribution in [2.24, 2.45) is 45.8 Å². The molecule has 0 amide bonds. The first-order chi connectivity index (χ1) is 21.9. The van der Waals surface area contributed by atoms with Crippen LogP contribution >= 0.6 is 0 Å². The van der Waals surface area contributed by atoms with Gasteiger partial charge in [-0.1, -0.05) is 20.8 Å². The number of aliphatic hydroxyl groups is 7. The van der Waals surface area contributed by atoms with Gasteiger partial charge in [0.2, 0.25) is 0 Å². The molecular weight excluding hydrogens is 612 g/mol. The van der Waals surface area contributed by atoms with E-state index in [-0.39, 0.29) is 29.6 Å². The standard InChI is InChI=1S/C35H56O12/c1-16(21-14-31(3,44-6)33(5,42)29(46-21)47-28-27(41)26(40)25(39)22(15-36)45-28)35(43)10-8-19-18-12-24(38)34-13-17(34)11-23(37)32(34,4)20(18)7-9-30(19,35)2/h16-22,24-29,36,38-43H,7-15H2,1-6H3/t16-,17-,18+,19+,20+,21-,22+,24+,25+,26+,27+,28-,29-,30+,31+,32-,33+,34+,35+/m1/s1. The van der Waals surface area contributed by atoms with Gasteiger partial charge in [0.25, 0.3) is 0 Å². The molecular formula is C35H56O12. The van der Waals surface area contributed by atoms with Crippen molar-refractivity contribution in [1.29, 1.82) is 0 Å². The highest BCUT2D eigenvalue weighted by Crippen LogP contribution is 2.81. The van der Waals surface area contributed by atoms with Gasteiger partial charge in [-0.3, -0.25) is 4.79 Å². The molecule has 2 aliphatic heterocycles. The summed E-state index contributed by atoms with van der Waals surface area (Å²) >= 11 is 0. The molecule has 19 atom stereocenters. The molecule has 7 N–H and O–H groups in total. The van der Waals surface area contributed by atoms with Crippen LogP contribution in [0, 0.1) is 45.8 Å². The zero-order valence-electron chi connectivity index (χ0n) is 28.5. The number of hydrogen-bond acceptors (Lipinski definition) is 12. The number of ketones is 1. The molecule has 1 spiro atoms. The molecule has 5 aliphatic carbocycles. The third-order valence-corrected chi connectivity index (χ3v) is 15.9. The summed E-state index contributed by atoms with van der Waals surface area (Å²) in [5.41, 5.74) is -5.48. The van der Waals surface area contributed by atoms with Crippen molar-refractivity contribution in [2.75, 3.05) is 13.7 Å². The maximum atomic E-state index is 13.5. The molecule has 0 aromatic carbocycles. The largest absolute Gasteiger partial charge is 0.394 e. The first-order valence-electron chi connectivity index (χ1n) is 17.7. The van der Waals surface area contributed by atoms with Crippen LogP contribution in [0.3, 0.4) is 0 Å². The Labute approximate surface area is 276 Å². The van der Waals surface area contributed by atoms with Crippen LogP contribution in [-0.4, -0.2) is 121 Å². The molecule has 2 saturated heterocycles. The highest BCUT2D eigenvalue weighted by Gasteiger charge is 2.81. The summed E-state index contributed by atoms with van der Waals surface area (Å²) in [7, 11) is 1.48. The van der Waals surface area contributed by atoms with Crippen molar-refractivity contribution < 1.29 is 59.5 Å². The molecule has 0 aromatic rings. The Kier molecular flexibility index (Phi) is 8.02. The van der Waals surface area contributed by atoms with Crippen molar-refractivity contribution in [2.45, 2.75) is 152 Å². The van der Waals surface area contributed by atoms with E-state index in [0.717, 1.165) is 25.7 Å². The summed E-state index contributed by atoms with van der Waals surface area (Å²) in [5, 5.41) is 77.2. The van der Waals surface area contributed by atoms with Crippen LogP contribution in [0.25, 0.3) is 0 Å². The Hall–Kier alpha value is -0.770. The van der Waals surface area contributed by atoms with Gasteiger partial charge in [0, 0.05) is 36.7 Å². The van der Waals surface area contributed by atoms with E-state index in [2.05, 4.69) is 13.8 Å². The Morgan fingerprint density at radius 1 is 0.936 bits per heavy atom. The van der Waals surface area contributed by atoms with Gasteiger partial charge in [-0.2, -0.15) is 0 Å². The summed E-state index contributed by atoms with van der Waals surface area (Å²) in [6.07, 6.45) is -5.07. The van der Waals surface area contributed by atoms with Crippen molar-refractivity contribution in [3.8, 4) is 0 Å². The van der Waals surface area contributed by atoms with Crippen molar-refractivity contribution in [3.05, 3.63) is 0 Å². The van der Waals surface area contributed by atoms with Crippen molar-refractivity contribution >= 4 is 5.78 Å². The lowest BCUT2D eigenvalue weighted by molar-refractivity contribution is -0.402. The number of aliphatic hydroxyl groups excluding tert-OH is 5. The molecule has 2 heterocycles. The maximum absolute atomic E-state index is 13.5. The predicted octanol–water partition coefficient (Wildman–Crippen LogP) is 0.634. The summed E-state index contributed by atoms with van der Waals surface area (Å²) in [5.74, 6) is 0.583. The normalized spacial score (nSPS) is 60.7. The van der Waals surface area contributed by atoms with E-state index in [1.165, 1.54) is 14.0 Å². The molecule has 0 aromatic heterocycles. The van der Waals surface area contributed by atoms with Gasteiger partial charge in [0.1, 0.15) is 41.4 Å². The number of rotatable bonds is 6. The topological polar surface area (TPSA) is 196 Å². The van der Waals surface area contributed by atoms with Crippen LogP contribution in [0.5, 0.6) is 0 Å². The second kappa shape index (κ2) is 10.9. The zero-order chi connectivity index (χ0) is 34.3. The summed E-state index contributed by atoms with van der Waals surface area (Å²) < 4.78 is 24.0. The average molecular weight is 669 g/mol. The van der Waals surface area contributed by atoms with Crippen LogP contribution in [0.1, 0.15) is 86.0 Å². The predicted molar refractivity (Wildman–Crippen MR) is 164 cm³/mol. The molecule has 47 heavy (non-hydrogen) atoms. The van der Waals surface area contributed by atoms with E-state index in [9.17, 15) is 40.5 Å². The Balaban J connectivity index is 1.15. The van der Waals surface area contributed by atoms with E-state index in [4.69, 9.17) is 18.9 Å². The fourth-order valence-electron chi connectivity index (χ4n) is 12.4. The highest BCUT2D eigenvalue weighted by atomic mass is 16.8. The smallest absolute Gasteiger partial charge is 0.192 e. The van der Waals surface area contributed by atoms with Crippen LogP contribution < -0.4 is 0 Å². The van der Waals surface area contributed by atoms with Crippen LogP contribution in [0.2, 0.25) is 0 Å². The lowest BCUT2D eigenvalue weighted by Gasteiger charge is -2.61. The second-order valence-electron chi connectivity index (χ2n) is 17.2. The minimum Gasteiger partial charge on any atom is -0.394 e. The minimum atomic E-state index is -1.78. The van der Waals surface area contributed by atoms with Gasteiger partial charge in [0.05, 0.1) is 24.4 Å². The first kappa shape index (κ1) is 34.7. The van der Waals surface area contributed by atoms with Crippen molar-refractivity contribution in [3.63, 3.8) is 0 Å². The quantitative estimate of drug-likeness (QED) is 0.209. The van der Waals surface area contributed by atoms with Gasteiger partial charge in [-0.25, -0.2) is 0 Å². The monoisotopic (exact) mass is 668 g/mol. The van der Waals surface area contributed by atoms with E-state index in [1.54, 1.807) is 6.92 Å². The van der Waals surface area contributed by atoms with Gasteiger partial charge >= 0.3 is 0 Å². The molecule has 0 bridgehead atoms. The number of carbonyl (C=O) groups is 1. The number of fused-ring (bicyclic) bond motifs is 4. The third-order valence-electron chi connectivity index (χ3n) is 15.9. The molecule has 0 unspecified atom stereocenters. The fraction of sp³-hybridized carbons (Fsp3) is 0.971. The lowest BCUT2D eigenvalue weighted by atomic mass is 9.44. The number of methoxy groups -OCH3 is 1. The van der Waals surface area contributed by atoms with Gasteiger partial charge in [-0.05, 0) is 81.5 Å². The van der Waals surface area contributed by atoms with Crippen LogP contribution in [0.4, 0.5) is 0 Å². The molecule has 7 fully saturated rings. The van der Waals surface area contributed by atoms with Gasteiger partial charge in [-0.15, -0.1) is 0 Å². The second-order valence-corrected chi connectivity index (χ2v) is 17.2. The molecule has 268 valence electrons. The summed E-state index contributed by atoms with van der Waals surface area (Å²) in [6.45, 7) is 8.82. The number of Topliss-reactive ketones (excluding diaryl/α,β-unsaturated/α-hetero) is 1. The summed E-state index contributed by atoms with van der Waals surface area (Å²) in [4.78, 5) is 13.5. The first-order valence-corrected chi connectivity index (χ1v) is 17.7. The summed E-state index contributed by atoms with van der Waals surface area (Å²) in [6, 6.07) is 0. The van der Waals surface area contributed by atoms with E-state index in [0.29, 0.717) is 31.0 Å². The Morgan fingerprint density at radius 2 is 1.62 bits per heavy atom. The Bertz CT molecular complexity index is 1260. The van der Waals surface area contributed by atoms with Crippen LogP contribution in [-0.2, 0) is 23.7 Å². The lowest BCUT2D eigenvalue weighted by Crippen LogP contribution is -2.70. The number of hydrogen-bond donors (Lipinski definition) is 7. The molecule has 12 heteroatoms. The van der Waals surface area contributed by atoms with E-state index >= 15 is 0 Å². The maximum Gasteiger partial charge on any atom is 0.192 e. The Morgan fingerprint density at radius 3 is 2.28 bits per heavy atom. The minimum absolute atomic E-state index is 0.116. The molecule has 0 radical (unpaired) electrons. The van der Waals surface area contributed by atoms with E-state index < -0.39 is 89.4 Å². The third kappa shape index (κ3) is 4.24. The van der Waals surface area contributed by atoms with Gasteiger partial charge < -0.3 is 54.7 Å². The average Bonchev–Trinajstić information content (AvgIpc) is 3.61. The molecule has 7 aliphatic rings.